The zero-order chi connectivity index (χ0) is 35.2. The van der Waals surface area contributed by atoms with Crippen LogP contribution in [0.2, 0.25) is 0 Å². The summed E-state index contributed by atoms with van der Waals surface area (Å²) >= 11 is 0. The van der Waals surface area contributed by atoms with Crippen molar-refractivity contribution < 1.29 is 42.7 Å². The lowest BCUT2D eigenvalue weighted by Gasteiger charge is -2.23. The highest BCUT2D eigenvalue weighted by molar-refractivity contribution is 6.11. The highest BCUT2D eigenvalue weighted by Gasteiger charge is 2.23. The molecular weight excluding hydrogens is 624 g/mol. The van der Waals surface area contributed by atoms with Gasteiger partial charge in [0.2, 0.25) is 0 Å². The standard InChI is InChI=1S/C40H42O9/c1-7-20-43-23-31(48-39(41)27(3)4)25-45-37-33-16-12-13-17-34(33)38(46-26-32(24-44-21-8-2)49-40(42)28(5)6)36-22-30(18-19-35(36)37)47-29-14-10-9-11-15-29/h7-19,22,31-32H,1-3,5,20-21,23-26H2,4,6H3. The van der Waals surface area contributed by atoms with Gasteiger partial charge in [0, 0.05) is 32.7 Å². The van der Waals surface area contributed by atoms with E-state index < -0.39 is 24.1 Å². The van der Waals surface area contributed by atoms with Gasteiger partial charge in [-0.3, -0.25) is 0 Å². The first-order valence-corrected chi connectivity index (χ1v) is 15.8. The van der Waals surface area contributed by atoms with Crippen LogP contribution in [0.4, 0.5) is 0 Å². The molecule has 0 N–H and O–H groups in total. The second-order valence-electron chi connectivity index (χ2n) is 11.2. The molecule has 49 heavy (non-hydrogen) atoms. The van der Waals surface area contributed by atoms with Crippen LogP contribution in [0.1, 0.15) is 13.8 Å². The van der Waals surface area contributed by atoms with Crippen LogP contribution in [-0.2, 0) is 28.5 Å². The van der Waals surface area contributed by atoms with E-state index in [4.69, 9.17) is 33.2 Å². The highest BCUT2D eigenvalue weighted by atomic mass is 16.6. The van der Waals surface area contributed by atoms with Gasteiger partial charge in [0.15, 0.2) is 12.2 Å². The molecule has 4 rings (SSSR count). The summed E-state index contributed by atoms with van der Waals surface area (Å²) in [7, 11) is 0. The van der Waals surface area contributed by atoms with Crippen molar-refractivity contribution >= 4 is 33.5 Å². The molecule has 0 aliphatic carbocycles. The third-order valence-electron chi connectivity index (χ3n) is 7.03. The summed E-state index contributed by atoms with van der Waals surface area (Å²) in [6.07, 6.45) is 1.76. The molecule has 0 saturated heterocycles. The fourth-order valence-corrected chi connectivity index (χ4v) is 4.73. The minimum atomic E-state index is -0.739. The monoisotopic (exact) mass is 666 g/mol. The number of carbonyl (C=O) groups is 2. The van der Waals surface area contributed by atoms with E-state index >= 15 is 0 Å². The molecule has 4 aromatic rings. The third-order valence-corrected chi connectivity index (χ3v) is 7.03. The fraction of sp³-hybridized carbons (Fsp3) is 0.250. The fourth-order valence-electron chi connectivity index (χ4n) is 4.73. The largest absolute Gasteiger partial charge is 0.488 e. The van der Waals surface area contributed by atoms with Crippen LogP contribution >= 0.6 is 0 Å². The SMILES string of the molecule is C=CCOCC(COc1c2ccccc2c(OCC(COCC=C)OC(=O)C(=C)C)c2cc(Oc3ccccc3)ccc12)OC(=O)C(=C)C. The van der Waals surface area contributed by atoms with Crippen LogP contribution < -0.4 is 14.2 Å². The minimum absolute atomic E-state index is 0.00268. The van der Waals surface area contributed by atoms with Gasteiger partial charge in [-0.05, 0) is 44.2 Å². The molecule has 0 heterocycles. The van der Waals surface area contributed by atoms with Gasteiger partial charge in [-0.15, -0.1) is 13.2 Å². The predicted molar refractivity (Wildman–Crippen MR) is 190 cm³/mol. The molecule has 256 valence electrons. The van der Waals surface area contributed by atoms with E-state index in [2.05, 4.69) is 26.3 Å². The number of benzene rings is 4. The van der Waals surface area contributed by atoms with Crippen molar-refractivity contribution in [2.75, 3.05) is 39.6 Å². The van der Waals surface area contributed by atoms with Crippen LogP contribution in [-0.4, -0.2) is 63.8 Å². The normalized spacial score (nSPS) is 12.0. The molecule has 0 aromatic heterocycles. The van der Waals surface area contributed by atoms with Gasteiger partial charge in [0.05, 0.1) is 26.4 Å². The molecule has 2 atom stereocenters. The van der Waals surface area contributed by atoms with E-state index in [1.807, 2.05) is 72.8 Å². The van der Waals surface area contributed by atoms with Crippen LogP contribution in [0.25, 0.3) is 21.5 Å². The van der Waals surface area contributed by atoms with Gasteiger partial charge < -0.3 is 33.2 Å². The Kier molecular flexibility index (Phi) is 13.6. The molecule has 0 aliphatic rings. The zero-order valence-electron chi connectivity index (χ0n) is 28.0. The van der Waals surface area contributed by atoms with Gasteiger partial charge in [-0.25, -0.2) is 9.59 Å². The second-order valence-corrected chi connectivity index (χ2v) is 11.2. The Hall–Kier alpha value is -5.38. The van der Waals surface area contributed by atoms with Crippen LogP contribution in [0.15, 0.2) is 122 Å². The molecule has 0 radical (unpaired) electrons. The summed E-state index contributed by atoms with van der Waals surface area (Å²) in [5.74, 6) is 1.20. The van der Waals surface area contributed by atoms with Gasteiger partial charge in [0.1, 0.15) is 36.2 Å². The van der Waals surface area contributed by atoms with Crippen molar-refractivity contribution in [3.05, 3.63) is 122 Å². The number of esters is 2. The Labute approximate surface area is 287 Å². The number of ether oxygens (including phenoxy) is 7. The zero-order valence-corrected chi connectivity index (χ0v) is 28.0. The van der Waals surface area contributed by atoms with Crippen molar-refractivity contribution in [3.8, 4) is 23.0 Å². The molecule has 0 bridgehead atoms. The number of carbonyl (C=O) groups excluding carboxylic acids is 2. The van der Waals surface area contributed by atoms with Crippen molar-refractivity contribution in [2.45, 2.75) is 26.1 Å². The van der Waals surface area contributed by atoms with E-state index in [0.717, 1.165) is 10.8 Å². The molecule has 0 spiro atoms. The Bertz CT molecular complexity index is 1790. The number of rotatable bonds is 20. The van der Waals surface area contributed by atoms with Crippen LogP contribution in [0, 0.1) is 0 Å². The molecule has 0 fully saturated rings. The van der Waals surface area contributed by atoms with E-state index in [9.17, 15) is 9.59 Å². The number of hydrogen-bond donors (Lipinski definition) is 0. The number of fused-ring (bicyclic) bond motifs is 2. The van der Waals surface area contributed by atoms with Crippen molar-refractivity contribution in [3.63, 3.8) is 0 Å². The summed E-state index contributed by atoms with van der Waals surface area (Å²) < 4.78 is 41.7. The minimum Gasteiger partial charge on any atom is -0.488 e. The number of hydrogen-bond acceptors (Lipinski definition) is 9. The molecule has 4 aromatic carbocycles. The topological polar surface area (TPSA) is 98.8 Å². The second kappa shape index (κ2) is 18.2. The summed E-state index contributed by atoms with van der Waals surface area (Å²) in [5.41, 5.74) is 0.523. The van der Waals surface area contributed by atoms with E-state index in [-0.39, 0.29) is 50.8 Å². The van der Waals surface area contributed by atoms with E-state index in [1.165, 1.54) is 0 Å². The molecule has 0 aliphatic heterocycles. The van der Waals surface area contributed by atoms with Crippen LogP contribution in [0.5, 0.6) is 23.0 Å². The maximum atomic E-state index is 12.5. The molecule has 0 amide bonds. The first kappa shape index (κ1) is 36.5. The van der Waals surface area contributed by atoms with E-state index in [1.54, 1.807) is 26.0 Å². The van der Waals surface area contributed by atoms with E-state index in [0.29, 0.717) is 33.8 Å². The van der Waals surface area contributed by atoms with Crippen LogP contribution in [0.3, 0.4) is 0 Å². The first-order chi connectivity index (χ1) is 23.7. The lowest BCUT2D eigenvalue weighted by atomic mass is 10.00. The molecule has 2 unspecified atom stereocenters. The van der Waals surface area contributed by atoms with Crippen molar-refractivity contribution in [2.24, 2.45) is 0 Å². The van der Waals surface area contributed by atoms with Gasteiger partial charge in [0.25, 0.3) is 0 Å². The molecule has 9 nitrogen and oxygen atoms in total. The highest BCUT2D eigenvalue weighted by Crippen LogP contribution is 2.44. The summed E-state index contributed by atoms with van der Waals surface area (Å²) in [5, 5.41) is 2.87. The average molecular weight is 667 g/mol. The molecule has 9 heteroatoms. The maximum Gasteiger partial charge on any atom is 0.333 e. The van der Waals surface area contributed by atoms with Gasteiger partial charge in [-0.2, -0.15) is 0 Å². The number of para-hydroxylation sites is 1. The Morgan fingerprint density at radius 3 is 1.57 bits per heavy atom. The summed E-state index contributed by atoms with van der Waals surface area (Å²) in [6.45, 7) is 18.6. The lowest BCUT2D eigenvalue weighted by molar-refractivity contribution is -0.149. The Balaban J connectivity index is 1.78. The third kappa shape index (κ3) is 10.3. The van der Waals surface area contributed by atoms with Crippen molar-refractivity contribution in [1.82, 2.24) is 0 Å². The maximum absolute atomic E-state index is 12.5. The predicted octanol–water partition coefficient (Wildman–Crippen LogP) is 7.92. The van der Waals surface area contributed by atoms with Crippen molar-refractivity contribution in [1.29, 1.82) is 0 Å². The molecule has 0 saturated carbocycles. The Morgan fingerprint density at radius 1 is 0.612 bits per heavy atom. The summed E-state index contributed by atoms with van der Waals surface area (Å²) in [6, 6.07) is 22.6. The average Bonchev–Trinajstić information content (AvgIpc) is 3.09. The Morgan fingerprint density at radius 2 is 1.08 bits per heavy atom. The smallest absolute Gasteiger partial charge is 0.333 e. The summed E-state index contributed by atoms with van der Waals surface area (Å²) in [4.78, 5) is 24.9. The van der Waals surface area contributed by atoms with Gasteiger partial charge >= 0.3 is 11.9 Å². The lowest BCUT2D eigenvalue weighted by Crippen LogP contribution is -2.30. The quantitative estimate of drug-likeness (QED) is 0.0306. The van der Waals surface area contributed by atoms with Gasteiger partial charge in [-0.1, -0.05) is 67.8 Å². The first-order valence-electron chi connectivity index (χ1n) is 15.8. The molecular formula is C40H42O9.